The summed E-state index contributed by atoms with van der Waals surface area (Å²) in [4.78, 5) is 62.8. The molecule has 0 saturated carbocycles. The predicted molar refractivity (Wildman–Crippen MR) is 114 cm³/mol. The van der Waals surface area contributed by atoms with Crippen LogP contribution in [0.1, 0.15) is 5.56 Å². The van der Waals surface area contributed by atoms with Gasteiger partial charge in [-0.15, -0.1) is 11.3 Å². The Morgan fingerprint density at radius 2 is 1.33 bits per heavy atom. The summed E-state index contributed by atoms with van der Waals surface area (Å²) < 4.78 is 4.77. The largest absolute Gasteiger partial charge is 0.508 e. The highest BCUT2D eigenvalue weighted by Gasteiger charge is 2.22. The zero-order chi connectivity index (χ0) is 21.2. The number of hydrogen-bond donors (Lipinski definition) is 1. The maximum Gasteiger partial charge on any atom is 0.293 e. The van der Waals surface area contributed by atoms with E-state index in [-0.39, 0.29) is 60.5 Å². The number of thiophene rings is 1. The minimum Gasteiger partial charge on any atom is -0.508 e. The van der Waals surface area contributed by atoms with Crippen molar-refractivity contribution < 1.29 is 14.6 Å². The van der Waals surface area contributed by atoms with Crippen molar-refractivity contribution in [2.45, 2.75) is 6.61 Å². The first-order chi connectivity index (χ1) is 14.4. The predicted octanol–water partition coefficient (Wildman–Crippen LogP) is 2.06. The highest BCUT2D eigenvalue weighted by Crippen LogP contribution is 2.29. The van der Waals surface area contributed by atoms with E-state index in [9.17, 15) is 29.1 Å². The first kappa shape index (κ1) is 18.1. The van der Waals surface area contributed by atoms with Gasteiger partial charge in [-0.2, -0.15) is 0 Å². The van der Waals surface area contributed by atoms with E-state index in [1.807, 2.05) is 0 Å². The van der Waals surface area contributed by atoms with Crippen LogP contribution in [0.15, 0.2) is 55.6 Å². The highest BCUT2D eigenvalue weighted by atomic mass is 32.1. The normalized spacial score (nSPS) is 11.6. The lowest BCUT2D eigenvalue weighted by atomic mass is 10.0. The molecule has 0 atom stereocenters. The number of phenols is 1. The Balaban J connectivity index is 2.02. The van der Waals surface area contributed by atoms with Gasteiger partial charge in [0.25, 0.3) is 6.47 Å². The topological polar surface area (TPSA) is 115 Å². The zero-order valence-electron chi connectivity index (χ0n) is 15.1. The molecule has 1 N–H and O–H groups in total. The first-order valence-corrected chi connectivity index (χ1v) is 9.60. The molecule has 4 aromatic carbocycles. The summed E-state index contributed by atoms with van der Waals surface area (Å²) >= 11 is 0.826. The third-order valence-electron chi connectivity index (χ3n) is 5.16. The van der Waals surface area contributed by atoms with Crippen LogP contribution in [0.4, 0.5) is 0 Å². The van der Waals surface area contributed by atoms with E-state index in [4.69, 9.17) is 4.74 Å². The van der Waals surface area contributed by atoms with Crippen molar-refractivity contribution in [2.75, 3.05) is 0 Å². The molecular formula is C22H10O7S. The number of carbonyl (C=O) groups is 1. The van der Waals surface area contributed by atoms with Gasteiger partial charge in [0, 0.05) is 21.5 Å². The van der Waals surface area contributed by atoms with Gasteiger partial charge in [0.2, 0.25) is 10.9 Å². The van der Waals surface area contributed by atoms with Crippen molar-refractivity contribution in [1.29, 1.82) is 0 Å². The summed E-state index contributed by atoms with van der Waals surface area (Å²) in [5.74, 6) is -0.180. The van der Waals surface area contributed by atoms with Gasteiger partial charge in [0.1, 0.15) is 12.4 Å². The van der Waals surface area contributed by atoms with E-state index in [1.54, 1.807) is 6.07 Å². The third-order valence-corrected chi connectivity index (χ3v) is 6.35. The van der Waals surface area contributed by atoms with Crippen molar-refractivity contribution in [3.63, 3.8) is 0 Å². The number of benzene rings is 4. The Labute approximate surface area is 169 Å². The minimum absolute atomic E-state index is 0.000468. The molecule has 0 bridgehead atoms. The number of fused-ring (bicyclic) bond motifs is 5. The Morgan fingerprint density at radius 1 is 0.767 bits per heavy atom. The molecule has 1 aromatic heterocycles. The van der Waals surface area contributed by atoms with E-state index in [0.29, 0.717) is 5.56 Å². The molecule has 0 amide bonds. The summed E-state index contributed by atoms with van der Waals surface area (Å²) in [6.45, 7) is 0.229. The molecule has 0 aliphatic carbocycles. The van der Waals surface area contributed by atoms with Gasteiger partial charge in [-0.1, -0.05) is 6.07 Å². The Bertz CT molecular complexity index is 1760. The summed E-state index contributed by atoms with van der Waals surface area (Å²) in [6, 6.07) is 8.31. The van der Waals surface area contributed by atoms with Crippen LogP contribution in [0, 0.1) is 0 Å². The molecule has 0 fully saturated rings. The molecule has 5 aromatic rings. The van der Waals surface area contributed by atoms with E-state index in [2.05, 4.69) is 0 Å². The van der Waals surface area contributed by atoms with Gasteiger partial charge >= 0.3 is 0 Å². The summed E-state index contributed by atoms with van der Waals surface area (Å²) in [5.41, 5.74) is -1.51. The van der Waals surface area contributed by atoms with Crippen molar-refractivity contribution in [2.24, 2.45) is 0 Å². The molecule has 0 aliphatic rings. The van der Waals surface area contributed by atoms with Gasteiger partial charge < -0.3 is 9.84 Å². The fourth-order valence-electron chi connectivity index (χ4n) is 3.81. The summed E-state index contributed by atoms with van der Waals surface area (Å²) in [5, 5.41) is 9.94. The second-order valence-electron chi connectivity index (χ2n) is 6.84. The van der Waals surface area contributed by atoms with Gasteiger partial charge in [-0.25, -0.2) is 0 Å². The summed E-state index contributed by atoms with van der Waals surface area (Å²) in [7, 11) is 0. The van der Waals surface area contributed by atoms with Crippen molar-refractivity contribution in [3.05, 3.63) is 82.9 Å². The second kappa shape index (κ2) is 6.30. The lowest BCUT2D eigenvalue weighted by molar-refractivity contribution is -0.129. The average Bonchev–Trinajstić information content (AvgIpc) is 3.16. The molecule has 30 heavy (non-hydrogen) atoms. The van der Waals surface area contributed by atoms with Crippen LogP contribution in [0.25, 0.3) is 41.7 Å². The monoisotopic (exact) mass is 418 g/mol. The lowest BCUT2D eigenvalue weighted by Gasteiger charge is -2.02. The van der Waals surface area contributed by atoms with Crippen LogP contribution in [0.3, 0.4) is 0 Å². The Kier molecular flexibility index (Phi) is 3.81. The van der Waals surface area contributed by atoms with Gasteiger partial charge in [-0.3, -0.25) is 24.0 Å². The maximum atomic E-state index is 13.2. The van der Waals surface area contributed by atoms with E-state index in [0.717, 1.165) is 11.3 Å². The number of ether oxygens (including phenoxy) is 1. The van der Waals surface area contributed by atoms with E-state index >= 15 is 0 Å². The third kappa shape index (κ3) is 2.34. The minimum atomic E-state index is -0.575. The van der Waals surface area contributed by atoms with Gasteiger partial charge in [-0.05, 0) is 35.9 Å². The first-order valence-electron chi connectivity index (χ1n) is 8.79. The Hall–Kier alpha value is -3.91. The highest BCUT2D eigenvalue weighted by molar-refractivity contribution is 7.25. The van der Waals surface area contributed by atoms with Crippen molar-refractivity contribution in [1.82, 2.24) is 0 Å². The molecule has 146 valence electrons. The van der Waals surface area contributed by atoms with Crippen LogP contribution in [0.5, 0.6) is 5.75 Å². The fourth-order valence-corrected chi connectivity index (χ4v) is 5.02. The zero-order valence-corrected chi connectivity index (χ0v) is 15.9. The van der Waals surface area contributed by atoms with Crippen LogP contribution in [-0.4, -0.2) is 11.6 Å². The number of rotatable bonds is 3. The Morgan fingerprint density at radius 3 is 2.03 bits per heavy atom. The second-order valence-corrected chi connectivity index (χ2v) is 7.86. The van der Waals surface area contributed by atoms with Crippen molar-refractivity contribution >= 4 is 59.5 Å². The molecule has 1 heterocycles. The van der Waals surface area contributed by atoms with Gasteiger partial charge in [0.05, 0.1) is 20.2 Å². The molecule has 0 saturated heterocycles. The van der Waals surface area contributed by atoms with Crippen LogP contribution < -0.4 is 21.7 Å². The van der Waals surface area contributed by atoms with E-state index in [1.165, 1.54) is 30.3 Å². The average molecular weight is 418 g/mol. The molecule has 0 spiro atoms. The molecular weight excluding hydrogens is 408 g/mol. The SMILES string of the molecule is O=COCc1ccc2c(=O)c3c(sc4c(=O)c5ccc(O)cc5c(=O)c43)c(=O)c2c1. The van der Waals surface area contributed by atoms with E-state index < -0.39 is 21.7 Å². The molecule has 0 aliphatic heterocycles. The van der Waals surface area contributed by atoms with Gasteiger partial charge in [0.15, 0.2) is 10.9 Å². The molecule has 0 radical (unpaired) electrons. The van der Waals surface area contributed by atoms with Crippen molar-refractivity contribution in [3.8, 4) is 5.75 Å². The number of aromatic hydroxyl groups is 1. The molecule has 7 nitrogen and oxygen atoms in total. The quantitative estimate of drug-likeness (QED) is 0.446. The number of hydrogen-bond acceptors (Lipinski definition) is 8. The number of phenolic OH excluding ortho intramolecular Hbond substituents is 1. The smallest absolute Gasteiger partial charge is 0.293 e. The number of carbonyl (C=O) groups excluding carboxylic acids is 1. The van der Waals surface area contributed by atoms with Crippen LogP contribution >= 0.6 is 11.3 Å². The standard InChI is InChI=1S/C22H10O7S/c23-8-29-7-9-1-3-11-13(5-9)20(28)22-15(17(11)25)16-18(26)14-6-10(24)2-4-12(14)19(27)21(16)30-22/h1-6,8,24H,7H2. The fraction of sp³-hybridized carbons (Fsp3) is 0.0455. The molecule has 5 rings (SSSR count). The molecule has 8 heteroatoms. The summed E-state index contributed by atoms with van der Waals surface area (Å²) in [6.07, 6.45) is 0. The molecule has 0 unspecified atom stereocenters. The maximum absolute atomic E-state index is 13.2. The van der Waals surface area contributed by atoms with Crippen LogP contribution in [0.2, 0.25) is 0 Å². The lowest BCUT2D eigenvalue weighted by Crippen LogP contribution is -2.15. The van der Waals surface area contributed by atoms with Crippen LogP contribution in [-0.2, 0) is 16.1 Å².